The maximum Gasteiger partial charge on any atom is 0.227 e. The third kappa shape index (κ3) is 2.82. The van der Waals surface area contributed by atoms with E-state index in [2.05, 4.69) is 5.32 Å². The second kappa shape index (κ2) is 5.76. The lowest BCUT2D eigenvalue weighted by Gasteiger charge is -2.43. The predicted octanol–water partition coefficient (Wildman–Crippen LogP) is 3.23. The molecule has 2 aliphatic rings. The van der Waals surface area contributed by atoms with Gasteiger partial charge in [0.05, 0.1) is 0 Å². The number of rotatable bonds is 2. The Hall–Kier alpha value is -1.42. The average molecular weight is 290 g/mol. The lowest BCUT2D eigenvalue weighted by atomic mass is 9.65. The summed E-state index contributed by atoms with van der Waals surface area (Å²) in [7, 11) is 0. The second-order valence-corrected chi connectivity index (χ2v) is 6.60. The Morgan fingerprint density at radius 1 is 1.29 bits per heavy atom. The first kappa shape index (κ1) is 14.5. The molecule has 1 aromatic carbocycles. The molecular weight excluding hydrogens is 267 g/mol. The zero-order valence-corrected chi connectivity index (χ0v) is 12.4. The first-order valence-corrected chi connectivity index (χ1v) is 7.88. The number of hydrogen-bond donors (Lipinski definition) is 2. The highest BCUT2D eigenvalue weighted by atomic mass is 19.1. The van der Waals surface area contributed by atoms with E-state index < -0.39 is 0 Å². The van der Waals surface area contributed by atoms with Crippen molar-refractivity contribution in [2.75, 3.05) is 5.32 Å². The highest BCUT2D eigenvalue weighted by Gasteiger charge is 2.40. The van der Waals surface area contributed by atoms with Crippen LogP contribution in [0.3, 0.4) is 0 Å². The Morgan fingerprint density at radius 3 is 2.62 bits per heavy atom. The minimum atomic E-state index is -0.282. The molecule has 1 amide bonds. The third-order valence-electron chi connectivity index (χ3n) is 5.31. The fraction of sp³-hybridized carbons (Fsp3) is 0.588. The third-order valence-corrected chi connectivity index (χ3v) is 5.31. The molecule has 0 aromatic heterocycles. The Kier molecular flexibility index (Phi) is 3.98. The molecule has 0 aliphatic heterocycles. The predicted molar refractivity (Wildman–Crippen MR) is 81.3 cm³/mol. The number of fused-ring (bicyclic) bond motifs is 2. The normalized spacial score (nSPS) is 31.8. The molecule has 0 radical (unpaired) electrons. The summed E-state index contributed by atoms with van der Waals surface area (Å²) in [5.74, 6) is 0.703. The van der Waals surface area contributed by atoms with Gasteiger partial charge in [0.15, 0.2) is 0 Å². The van der Waals surface area contributed by atoms with E-state index in [4.69, 9.17) is 5.73 Å². The van der Waals surface area contributed by atoms with Gasteiger partial charge in [0.1, 0.15) is 5.82 Å². The molecule has 1 aromatic rings. The minimum Gasteiger partial charge on any atom is -0.327 e. The molecule has 0 spiro atoms. The Bertz CT molecular complexity index is 532. The van der Waals surface area contributed by atoms with Crippen LogP contribution in [0.4, 0.5) is 10.1 Å². The van der Waals surface area contributed by atoms with E-state index in [1.54, 1.807) is 19.1 Å². The largest absolute Gasteiger partial charge is 0.327 e. The van der Waals surface area contributed by atoms with E-state index in [9.17, 15) is 9.18 Å². The summed E-state index contributed by atoms with van der Waals surface area (Å²) in [6, 6.07) is 5.06. The summed E-state index contributed by atoms with van der Waals surface area (Å²) in [6.45, 7) is 1.69. The first-order chi connectivity index (χ1) is 10.1. The standard InChI is InChI=1S/C17H23FN2O/c1-10-14(18)6-3-7-15(10)20-17(21)13-8-11-4-2-5-12(9-13)16(11)19/h3,6-7,11-13,16H,2,4-5,8-9,19H2,1H3,(H,20,21). The average Bonchev–Trinajstić information content (AvgIpc) is 2.43. The summed E-state index contributed by atoms with van der Waals surface area (Å²) in [5, 5.41) is 2.91. The monoisotopic (exact) mass is 290 g/mol. The second-order valence-electron chi connectivity index (χ2n) is 6.60. The number of nitrogens with two attached hydrogens (primary N) is 1. The summed E-state index contributed by atoms with van der Waals surface area (Å²) >= 11 is 0. The van der Waals surface area contributed by atoms with E-state index in [1.165, 1.54) is 12.5 Å². The van der Waals surface area contributed by atoms with Gasteiger partial charge in [-0.05, 0) is 56.6 Å². The van der Waals surface area contributed by atoms with Crippen LogP contribution in [-0.4, -0.2) is 11.9 Å². The smallest absolute Gasteiger partial charge is 0.227 e. The fourth-order valence-corrected chi connectivity index (χ4v) is 3.98. The number of halogens is 1. The van der Waals surface area contributed by atoms with Crippen LogP contribution in [0.1, 0.15) is 37.7 Å². The van der Waals surface area contributed by atoms with Crippen molar-refractivity contribution >= 4 is 11.6 Å². The van der Waals surface area contributed by atoms with Crippen molar-refractivity contribution in [2.24, 2.45) is 23.5 Å². The number of nitrogens with one attached hydrogen (secondary N) is 1. The van der Waals surface area contributed by atoms with Crippen molar-refractivity contribution < 1.29 is 9.18 Å². The summed E-state index contributed by atoms with van der Waals surface area (Å²) in [4.78, 5) is 12.5. The Morgan fingerprint density at radius 2 is 1.95 bits per heavy atom. The van der Waals surface area contributed by atoms with Gasteiger partial charge in [-0.2, -0.15) is 0 Å². The highest BCUT2D eigenvalue weighted by molar-refractivity contribution is 5.93. The molecule has 3 rings (SSSR count). The Labute approximate surface area is 125 Å². The summed E-state index contributed by atoms with van der Waals surface area (Å²) < 4.78 is 13.5. The van der Waals surface area contributed by atoms with Crippen LogP contribution in [0.5, 0.6) is 0 Å². The van der Waals surface area contributed by atoms with Gasteiger partial charge in [-0.1, -0.05) is 12.5 Å². The SMILES string of the molecule is Cc1c(F)cccc1NC(=O)C1CC2CCCC(C1)C2N. The van der Waals surface area contributed by atoms with Gasteiger partial charge in [0.25, 0.3) is 0 Å². The minimum absolute atomic E-state index is 0.0165. The zero-order chi connectivity index (χ0) is 15.0. The zero-order valence-electron chi connectivity index (χ0n) is 12.4. The van der Waals surface area contributed by atoms with Gasteiger partial charge in [0.2, 0.25) is 5.91 Å². The van der Waals surface area contributed by atoms with Crippen molar-refractivity contribution in [3.8, 4) is 0 Å². The number of hydrogen-bond acceptors (Lipinski definition) is 2. The van der Waals surface area contributed by atoms with Crippen LogP contribution in [0, 0.1) is 30.5 Å². The van der Waals surface area contributed by atoms with Gasteiger partial charge in [-0.3, -0.25) is 4.79 Å². The van der Waals surface area contributed by atoms with Gasteiger partial charge < -0.3 is 11.1 Å². The van der Waals surface area contributed by atoms with Crippen molar-refractivity contribution in [3.63, 3.8) is 0 Å². The molecule has 114 valence electrons. The first-order valence-electron chi connectivity index (χ1n) is 7.88. The van der Waals surface area contributed by atoms with Crippen molar-refractivity contribution in [3.05, 3.63) is 29.6 Å². The molecule has 2 saturated carbocycles. The van der Waals surface area contributed by atoms with Crippen molar-refractivity contribution in [2.45, 2.75) is 45.1 Å². The Balaban J connectivity index is 1.70. The molecule has 3 nitrogen and oxygen atoms in total. The number of carbonyl (C=O) groups is 1. The number of anilines is 1. The lowest BCUT2D eigenvalue weighted by molar-refractivity contribution is -0.122. The molecule has 2 atom stereocenters. The number of benzene rings is 1. The van der Waals surface area contributed by atoms with E-state index in [1.807, 2.05) is 0 Å². The van der Waals surface area contributed by atoms with E-state index >= 15 is 0 Å². The molecular formula is C17H23FN2O. The topological polar surface area (TPSA) is 55.1 Å². The van der Waals surface area contributed by atoms with Crippen LogP contribution in [0.2, 0.25) is 0 Å². The van der Waals surface area contributed by atoms with Crippen molar-refractivity contribution in [1.29, 1.82) is 0 Å². The van der Waals surface area contributed by atoms with Gasteiger partial charge in [-0.25, -0.2) is 4.39 Å². The molecule has 2 fully saturated rings. The van der Waals surface area contributed by atoms with Gasteiger partial charge in [0, 0.05) is 23.2 Å². The van der Waals surface area contributed by atoms with Crippen LogP contribution in [0.25, 0.3) is 0 Å². The molecule has 0 saturated heterocycles. The quantitative estimate of drug-likeness (QED) is 0.878. The molecule has 3 N–H and O–H groups in total. The van der Waals surface area contributed by atoms with Crippen LogP contribution < -0.4 is 11.1 Å². The maximum atomic E-state index is 13.5. The molecule has 4 heteroatoms. The van der Waals surface area contributed by atoms with Crippen molar-refractivity contribution in [1.82, 2.24) is 0 Å². The van der Waals surface area contributed by atoms with E-state index in [-0.39, 0.29) is 23.7 Å². The number of amides is 1. The maximum absolute atomic E-state index is 13.5. The molecule has 2 aliphatic carbocycles. The highest BCUT2D eigenvalue weighted by Crippen LogP contribution is 2.42. The molecule has 2 unspecified atom stereocenters. The molecule has 2 bridgehead atoms. The molecule has 21 heavy (non-hydrogen) atoms. The van der Waals surface area contributed by atoms with Gasteiger partial charge in [-0.15, -0.1) is 0 Å². The van der Waals surface area contributed by atoms with Gasteiger partial charge >= 0.3 is 0 Å². The van der Waals surface area contributed by atoms with E-state index in [0.717, 1.165) is 25.7 Å². The summed E-state index contributed by atoms with van der Waals surface area (Å²) in [6.07, 6.45) is 5.26. The van der Waals surface area contributed by atoms with Crippen LogP contribution in [0.15, 0.2) is 18.2 Å². The number of carbonyl (C=O) groups excluding carboxylic acids is 1. The van der Waals surface area contributed by atoms with E-state index in [0.29, 0.717) is 23.1 Å². The molecule has 0 heterocycles. The summed E-state index contributed by atoms with van der Waals surface area (Å²) in [5.41, 5.74) is 7.34. The fourth-order valence-electron chi connectivity index (χ4n) is 3.98. The van der Waals surface area contributed by atoms with Crippen LogP contribution in [-0.2, 0) is 4.79 Å². The van der Waals surface area contributed by atoms with Crippen LogP contribution >= 0.6 is 0 Å². The lowest BCUT2D eigenvalue weighted by Crippen LogP contribution is -2.48.